The van der Waals surface area contributed by atoms with Gasteiger partial charge in [0, 0.05) is 35.5 Å². The molecule has 0 N–H and O–H groups in total. The molecule has 2 rings (SSSR count). The Balaban J connectivity index is 2.22. The molecule has 1 aliphatic heterocycles. The lowest BCUT2D eigenvalue weighted by Gasteiger charge is -2.29. The van der Waals surface area contributed by atoms with Crippen LogP contribution in [0.2, 0.25) is 0 Å². The first-order valence-corrected chi connectivity index (χ1v) is 8.72. The number of hydrogen-bond donors (Lipinski definition) is 0. The minimum Gasteiger partial charge on any atom is -0.383 e. The molecule has 110 valence electrons. The van der Waals surface area contributed by atoms with Crippen molar-refractivity contribution in [2.75, 3.05) is 31.8 Å². The highest BCUT2D eigenvalue weighted by molar-refractivity contribution is 9.10. The third-order valence-corrected chi connectivity index (χ3v) is 5.21. The number of ether oxygens (including phenoxy) is 1. The van der Waals surface area contributed by atoms with Crippen LogP contribution in [0.15, 0.2) is 22.7 Å². The Bertz CT molecular complexity index is 475. The zero-order valence-corrected chi connectivity index (χ0v) is 14.3. The molecule has 3 nitrogen and oxygen atoms in total. The molecule has 1 saturated heterocycles. The number of aryl methyl sites for hydroxylation is 1. The van der Waals surface area contributed by atoms with Gasteiger partial charge in [-0.15, -0.1) is 0 Å². The number of amides is 1. The number of thioether (sulfide) groups is 1. The Morgan fingerprint density at radius 1 is 1.55 bits per heavy atom. The van der Waals surface area contributed by atoms with Gasteiger partial charge in [0.05, 0.1) is 6.61 Å². The molecule has 0 aliphatic carbocycles. The van der Waals surface area contributed by atoms with Crippen LogP contribution in [0.5, 0.6) is 0 Å². The molecule has 1 heterocycles. The first-order valence-electron chi connectivity index (χ1n) is 6.77. The predicted octanol–water partition coefficient (Wildman–Crippen LogP) is 3.35. The van der Waals surface area contributed by atoms with E-state index in [1.807, 2.05) is 41.8 Å². The summed E-state index contributed by atoms with van der Waals surface area (Å²) in [7, 11) is 1.68. The highest BCUT2D eigenvalue weighted by Gasteiger charge is 2.28. The quantitative estimate of drug-likeness (QED) is 0.809. The number of carbonyl (C=O) groups is 1. The van der Waals surface area contributed by atoms with Crippen LogP contribution in [0.1, 0.15) is 22.3 Å². The first-order chi connectivity index (χ1) is 9.63. The highest BCUT2D eigenvalue weighted by atomic mass is 79.9. The van der Waals surface area contributed by atoms with E-state index in [1.165, 1.54) is 0 Å². The molecule has 1 aromatic rings. The van der Waals surface area contributed by atoms with Gasteiger partial charge in [0.1, 0.15) is 0 Å². The Morgan fingerprint density at radius 3 is 3.00 bits per heavy atom. The van der Waals surface area contributed by atoms with Gasteiger partial charge < -0.3 is 9.64 Å². The van der Waals surface area contributed by atoms with Gasteiger partial charge in [-0.05, 0) is 36.8 Å². The molecular formula is C15H20BrNO2S. The number of rotatable bonds is 5. The fraction of sp³-hybridized carbons (Fsp3) is 0.533. The third kappa shape index (κ3) is 3.77. The van der Waals surface area contributed by atoms with Gasteiger partial charge in [0.15, 0.2) is 0 Å². The lowest BCUT2D eigenvalue weighted by atomic mass is 10.1. The first kappa shape index (κ1) is 15.9. The van der Waals surface area contributed by atoms with E-state index in [1.54, 1.807) is 7.11 Å². The van der Waals surface area contributed by atoms with E-state index >= 15 is 0 Å². The van der Waals surface area contributed by atoms with Gasteiger partial charge >= 0.3 is 0 Å². The molecule has 1 unspecified atom stereocenters. The van der Waals surface area contributed by atoms with Crippen LogP contribution in [-0.4, -0.2) is 48.6 Å². The summed E-state index contributed by atoms with van der Waals surface area (Å²) in [5, 5.41) is 0. The summed E-state index contributed by atoms with van der Waals surface area (Å²) in [4.78, 5) is 14.8. The van der Waals surface area contributed by atoms with Gasteiger partial charge in [-0.25, -0.2) is 0 Å². The van der Waals surface area contributed by atoms with Crippen molar-refractivity contribution in [2.24, 2.45) is 0 Å². The number of nitrogens with zero attached hydrogens (tertiary/aromatic N) is 1. The van der Waals surface area contributed by atoms with Gasteiger partial charge in [-0.1, -0.05) is 22.0 Å². The lowest BCUT2D eigenvalue weighted by Crippen LogP contribution is -2.42. The van der Waals surface area contributed by atoms with E-state index < -0.39 is 0 Å². The van der Waals surface area contributed by atoms with Gasteiger partial charge in [0.25, 0.3) is 5.91 Å². The Kier molecular flexibility index (Phi) is 5.93. The van der Waals surface area contributed by atoms with Crippen LogP contribution >= 0.6 is 27.7 Å². The number of carbonyl (C=O) groups excluding carboxylic acids is 1. The third-order valence-electron chi connectivity index (χ3n) is 3.57. The maximum Gasteiger partial charge on any atom is 0.254 e. The summed E-state index contributed by atoms with van der Waals surface area (Å²) in [6.07, 6.45) is 1.08. The largest absolute Gasteiger partial charge is 0.383 e. The summed E-state index contributed by atoms with van der Waals surface area (Å²) in [5.74, 6) is 2.29. The highest BCUT2D eigenvalue weighted by Crippen LogP contribution is 2.25. The van der Waals surface area contributed by atoms with E-state index in [9.17, 15) is 4.79 Å². The van der Waals surface area contributed by atoms with E-state index in [-0.39, 0.29) is 5.91 Å². The summed E-state index contributed by atoms with van der Waals surface area (Å²) in [6, 6.07) is 6.20. The van der Waals surface area contributed by atoms with E-state index in [4.69, 9.17) is 4.74 Å². The predicted molar refractivity (Wildman–Crippen MR) is 87.5 cm³/mol. The van der Waals surface area contributed by atoms with Gasteiger partial charge in [0.2, 0.25) is 0 Å². The smallest absolute Gasteiger partial charge is 0.254 e. The van der Waals surface area contributed by atoms with Crippen molar-refractivity contribution in [3.05, 3.63) is 33.8 Å². The molecule has 0 saturated carbocycles. The molecule has 1 fully saturated rings. The van der Waals surface area contributed by atoms with Crippen molar-refractivity contribution in [3.63, 3.8) is 0 Å². The molecule has 1 aliphatic rings. The standard InChI is InChI=1S/C15H20BrNO2S/c1-11-3-4-12(16)9-14(11)15(18)17(6-7-19-2)13-5-8-20-10-13/h3-4,9,13H,5-8,10H2,1-2H3. The zero-order valence-electron chi connectivity index (χ0n) is 11.9. The van der Waals surface area contributed by atoms with Crippen molar-refractivity contribution in [1.29, 1.82) is 0 Å². The average Bonchev–Trinajstić information content (AvgIpc) is 2.95. The van der Waals surface area contributed by atoms with Gasteiger partial charge in [-0.2, -0.15) is 11.8 Å². The Labute approximate surface area is 133 Å². The summed E-state index contributed by atoms with van der Waals surface area (Å²) in [6.45, 7) is 3.23. The Hall–Kier alpha value is -0.520. The fourth-order valence-electron chi connectivity index (χ4n) is 2.39. The molecular weight excluding hydrogens is 338 g/mol. The van der Waals surface area contributed by atoms with Crippen molar-refractivity contribution < 1.29 is 9.53 Å². The van der Waals surface area contributed by atoms with Gasteiger partial charge in [-0.3, -0.25) is 4.79 Å². The summed E-state index contributed by atoms with van der Waals surface area (Å²) < 4.78 is 6.11. The van der Waals surface area contributed by atoms with Crippen molar-refractivity contribution in [1.82, 2.24) is 4.90 Å². The molecule has 1 aromatic carbocycles. The maximum absolute atomic E-state index is 12.9. The Morgan fingerprint density at radius 2 is 2.35 bits per heavy atom. The molecule has 20 heavy (non-hydrogen) atoms. The van der Waals surface area contributed by atoms with Crippen LogP contribution < -0.4 is 0 Å². The number of benzene rings is 1. The maximum atomic E-state index is 12.9. The van der Waals surface area contributed by atoms with Crippen LogP contribution in [0, 0.1) is 6.92 Å². The second-order valence-corrected chi connectivity index (χ2v) is 7.03. The lowest BCUT2D eigenvalue weighted by molar-refractivity contribution is 0.0624. The minimum absolute atomic E-state index is 0.119. The average molecular weight is 358 g/mol. The van der Waals surface area contributed by atoms with Crippen molar-refractivity contribution in [3.8, 4) is 0 Å². The zero-order chi connectivity index (χ0) is 14.5. The molecule has 5 heteroatoms. The van der Waals surface area contributed by atoms with E-state index in [0.717, 1.165) is 33.5 Å². The second kappa shape index (κ2) is 7.48. The van der Waals surface area contributed by atoms with E-state index in [2.05, 4.69) is 15.9 Å². The minimum atomic E-state index is 0.119. The van der Waals surface area contributed by atoms with Crippen molar-refractivity contribution >= 4 is 33.6 Å². The molecule has 0 bridgehead atoms. The van der Waals surface area contributed by atoms with E-state index in [0.29, 0.717) is 19.2 Å². The number of hydrogen-bond acceptors (Lipinski definition) is 3. The monoisotopic (exact) mass is 357 g/mol. The fourth-order valence-corrected chi connectivity index (χ4v) is 3.97. The SMILES string of the molecule is COCCN(C(=O)c1cc(Br)ccc1C)C1CCSC1. The molecule has 1 amide bonds. The topological polar surface area (TPSA) is 29.5 Å². The van der Waals surface area contributed by atoms with Crippen LogP contribution in [0.3, 0.4) is 0 Å². The second-order valence-electron chi connectivity index (χ2n) is 4.97. The number of methoxy groups -OCH3 is 1. The summed E-state index contributed by atoms with van der Waals surface area (Å²) in [5.41, 5.74) is 1.80. The van der Waals surface area contributed by atoms with Crippen LogP contribution in [0.25, 0.3) is 0 Å². The molecule has 0 radical (unpaired) electrons. The molecule has 0 spiro atoms. The molecule has 1 atom stereocenters. The number of halogens is 1. The normalized spacial score (nSPS) is 18.2. The molecule has 0 aromatic heterocycles. The van der Waals surface area contributed by atoms with Crippen LogP contribution in [-0.2, 0) is 4.74 Å². The summed E-state index contributed by atoms with van der Waals surface area (Å²) >= 11 is 5.37. The van der Waals surface area contributed by atoms with Crippen LogP contribution in [0.4, 0.5) is 0 Å². The van der Waals surface area contributed by atoms with Crippen molar-refractivity contribution in [2.45, 2.75) is 19.4 Å².